The monoisotopic (exact) mass is 394 g/mol. The number of aryl methyl sites for hydroxylation is 1. The van der Waals surface area contributed by atoms with E-state index in [-0.39, 0.29) is 23.6 Å². The van der Waals surface area contributed by atoms with Crippen LogP contribution in [0.3, 0.4) is 0 Å². The molecular weight excluding hydrogens is 373 g/mol. The highest BCUT2D eigenvalue weighted by Crippen LogP contribution is 2.39. The molecule has 2 fully saturated rings. The summed E-state index contributed by atoms with van der Waals surface area (Å²) in [6, 6.07) is 2.73. The minimum atomic E-state index is -4.50. The van der Waals surface area contributed by atoms with Crippen molar-refractivity contribution >= 4 is 11.7 Å². The lowest BCUT2D eigenvalue weighted by molar-refractivity contribution is -0.141. The second-order valence-corrected chi connectivity index (χ2v) is 7.37. The number of anilines is 1. The zero-order chi connectivity index (χ0) is 19.9. The highest BCUT2D eigenvalue weighted by molar-refractivity contribution is 5.92. The van der Waals surface area contributed by atoms with Crippen LogP contribution < -0.4 is 10.2 Å². The molecule has 150 valence electrons. The molecule has 1 aliphatic heterocycles. The average molecular weight is 394 g/mol. The molecule has 1 saturated heterocycles. The van der Waals surface area contributed by atoms with Crippen LogP contribution in [0.15, 0.2) is 12.1 Å². The van der Waals surface area contributed by atoms with E-state index < -0.39 is 11.9 Å². The largest absolute Gasteiger partial charge is 0.433 e. The number of amides is 1. The van der Waals surface area contributed by atoms with Crippen molar-refractivity contribution in [1.29, 1.82) is 0 Å². The van der Waals surface area contributed by atoms with Gasteiger partial charge in [0.15, 0.2) is 0 Å². The van der Waals surface area contributed by atoms with Gasteiger partial charge in [-0.25, -0.2) is 9.97 Å². The molecule has 0 unspecified atom stereocenters. The molecule has 7 nitrogen and oxygen atoms in total. The van der Waals surface area contributed by atoms with Gasteiger partial charge in [-0.15, -0.1) is 0 Å². The van der Waals surface area contributed by atoms with Gasteiger partial charge in [-0.2, -0.15) is 18.3 Å². The molecule has 1 amide bonds. The molecule has 2 N–H and O–H groups in total. The third kappa shape index (κ3) is 4.10. The molecule has 1 aliphatic carbocycles. The maximum absolute atomic E-state index is 13.0. The van der Waals surface area contributed by atoms with Crippen molar-refractivity contribution in [1.82, 2.24) is 25.5 Å². The number of hydrogen-bond donors (Lipinski definition) is 2. The summed E-state index contributed by atoms with van der Waals surface area (Å²) in [5, 5.41) is 9.95. The first-order chi connectivity index (χ1) is 13.3. The van der Waals surface area contributed by atoms with Gasteiger partial charge >= 0.3 is 6.18 Å². The van der Waals surface area contributed by atoms with E-state index >= 15 is 0 Å². The SMILES string of the molecule is Cc1nc(N2CCC(NC(=O)c3cc(C4CC4)[nH]n3)CC2)cc(C(F)(F)F)n1. The highest BCUT2D eigenvalue weighted by Gasteiger charge is 2.34. The van der Waals surface area contributed by atoms with Gasteiger partial charge in [0, 0.05) is 36.8 Å². The molecule has 1 saturated carbocycles. The first-order valence-electron chi connectivity index (χ1n) is 9.33. The van der Waals surface area contributed by atoms with Gasteiger partial charge in [0.25, 0.3) is 5.91 Å². The fraction of sp³-hybridized carbons (Fsp3) is 0.556. The quantitative estimate of drug-likeness (QED) is 0.833. The topological polar surface area (TPSA) is 86.8 Å². The van der Waals surface area contributed by atoms with E-state index in [0.29, 0.717) is 37.5 Å². The van der Waals surface area contributed by atoms with Gasteiger partial charge in [0.2, 0.25) is 0 Å². The Balaban J connectivity index is 1.35. The van der Waals surface area contributed by atoms with Crippen molar-refractivity contribution < 1.29 is 18.0 Å². The minimum absolute atomic E-state index is 0.0464. The molecule has 2 aliphatic rings. The molecule has 0 radical (unpaired) electrons. The summed E-state index contributed by atoms with van der Waals surface area (Å²) in [5.74, 6) is 0.630. The highest BCUT2D eigenvalue weighted by atomic mass is 19.4. The Hall–Kier alpha value is -2.65. The Kier molecular flexibility index (Phi) is 4.72. The molecule has 3 heterocycles. The molecule has 2 aromatic rings. The van der Waals surface area contributed by atoms with Gasteiger partial charge in [-0.05, 0) is 38.7 Å². The van der Waals surface area contributed by atoms with Crippen molar-refractivity contribution in [3.8, 4) is 0 Å². The number of alkyl halides is 3. The van der Waals surface area contributed by atoms with Gasteiger partial charge in [-0.1, -0.05) is 0 Å². The van der Waals surface area contributed by atoms with Crippen LogP contribution in [0.1, 0.15) is 59.3 Å². The second-order valence-electron chi connectivity index (χ2n) is 7.37. The van der Waals surface area contributed by atoms with Gasteiger partial charge in [0.05, 0.1) is 0 Å². The van der Waals surface area contributed by atoms with E-state index in [2.05, 4.69) is 25.5 Å². The normalized spacial score (nSPS) is 18.4. The second kappa shape index (κ2) is 7.06. The fourth-order valence-electron chi connectivity index (χ4n) is 3.43. The van der Waals surface area contributed by atoms with Gasteiger partial charge in [-0.3, -0.25) is 9.89 Å². The number of aromatic amines is 1. The number of piperidine rings is 1. The minimum Gasteiger partial charge on any atom is -0.356 e. The van der Waals surface area contributed by atoms with Crippen molar-refractivity contribution in [2.24, 2.45) is 0 Å². The lowest BCUT2D eigenvalue weighted by Gasteiger charge is -2.33. The number of halogens is 3. The molecule has 0 aromatic carbocycles. The summed E-state index contributed by atoms with van der Waals surface area (Å²) in [5.41, 5.74) is 0.445. The molecule has 4 rings (SSSR count). The van der Waals surface area contributed by atoms with Crippen molar-refractivity contribution in [3.63, 3.8) is 0 Å². The molecule has 10 heteroatoms. The first kappa shape index (κ1) is 18.7. The van der Waals surface area contributed by atoms with E-state index in [4.69, 9.17) is 0 Å². The first-order valence-corrected chi connectivity index (χ1v) is 9.33. The molecule has 28 heavy (non-hydrogen) atoms. The van der Waals surface area contributed by atoms with Crippen LogP contribution in [0.5, 0.6) is 0 Å². The fourth-order valence-corrected chi connectivity index (χ4v) is 3.43. The van der Waals surface area contributed by atoms with Crippen molar-refractivity contribution in [3.05, 3.63) is 35.0 Å². The summed E-state index contributed by atoms with van der Waals surface area (Å²) in [6.07, 6.45) is -1.01. The molecule has 0 spiro atoms. The number of rotatable bonds is 4. The smallest absolute Gasteiger partial charge is 0.356 e. The number of nitrogens with zero attached hydrogens (tertiary/aromatic N) is 4. The van der Waals surface area contributed by atoms with Gasteiger partial charge < -0.3 is 10.2 Å². The van der Waals surface area contributed by atoms with E-state index in [1.54, 1.807) is 11.0 Å². The molecule has 0 atom stereocenters. The molecule has 0 bridgehead atoms. The summed E-state index contributed by atoms with van der Waals surface area (Å²) in [4.78, 5) is 21.8. The summed E-state index contributed by atoms with van der Waals surface area (Å²) >= 11 is 0. The van der Waals surface area contributed by atoms with E-state index in [9.17, 15) is 18.0 Å². The van der Waals surface area contributed by atoms with Gasteiger partial charge in [0.1, 0.15) is 23.0 Å². The van der Waals surface area contributed by atoms with Crippen molar-refractivity contribution in [2.45, 2.75) is 50.7 Å². The summed E-state index contributed by atoms with van der Waals surface area (Å²) in [6.45, 7) is 2.46. The van der Waals surface area contributed by atoms with Crippen LogP contribution in [0.4, 0.5) is 19.0 Å². The molecule has 2 aromatic heterocycles. The van der Waals surface area contributed by atoms with E-state index in [1.807, 2.05) is 0 Å². The Morgan fingerprint density at radius 3 is 2.54 bits per heavy atom. The van der Waals surface area contributed by atoms with Crippen LogP contribution >= 0.6 is 0 Å². The third-order valence-corrected chi connectivity index (χ3v) is 5.12. The number of hydrogen-bond acceptors (Lipinski definition) is 5. The number of carbonyl (C=O) groups excluding carboxylic acids is 1. The Morgan fingerprint density at radius 2 is 1.89 bits per heavy atom. The standard InChI is InChI=1S/C18H21F3N6O/c1-10-22-15(18(19,20)21)9-16(23-10)27-6-4-12(5-7-27)24-17(28)14-8-13(25-26-14)11-2-3-11/h8-9,11-12H,2-7H2,1H3,(H,24,28)(H,25,26). The van der Waals surface area contributed by atoms with Crippen LogP contribution in [-0.4, -0.2) is 45.2 Å². The average Bonchev–Trinajstić information content (AvgIpc) is 3.37. The Labute approximate surface area is 159 Å². The summed E-state index contributed by atoms with van der Waals surface area (Å²) < 4.78 is 38.9. The van der Waals surface area contributed by atoms with Crippen LogP contribution in [0.25, 0.3) is 0 Å². The number of aromatic nitrogens is 4. The predicted octanol–water partition coefficient (Wildman–Crippen LogP) is 2.80. The van der Waals surface area contributed by atoms with E-state index in [0.717, 1.165) is 24.6 Å². The zero-order valence-electron chi connectivity index (χ0n) is 15.4. The van der Waals surface area contributed by atoms with E-state index in [1.165, 1.54) is 6.92 Å². The Morgan fingerprint density at radius 1 is 1.18 bits per heavy atom. The third-order valence-electron chi connectivity index (χ3n) is 5.12. The number of carbonyl (C=O) groups is 1. The lowest BCUT2D eigenvalue weighted by Crippen LogP contribution is -2.45. The number of nitrogens with one attached hydrogen (secondary N) is 2. The zero-order valence-corrected chi connectivity index (χ0v) is 15.4. The van der Waals surface area contributed by atoms with Crippen molar-refractivity contribution in [2.75, 3.05) is 18.0 Å². The maximum atomic E-state index is 13.0. The lowest BCUT2D eigenvalue weighted by atomic mass is 10.0. The predicted molar refractivity (Wildman–Crippen MR) is 95.0 cm³/mol. The Bertz CT molecular complexity index is 868. The number of H-pyrrole nitrogens is 1. The van der Waals surface area contributed by atoms with Crippen LogP contribution in [0, 0.1) is 6.92 Å². The van der Waals surface area contributed by atoms with Crippen LogP contribution in [0.2, 0.25) is 0 Å². The summed E-state index contributed by atoms with van der Waals surface area (Å²) in [7, 11) is 0. The van der Waals surface area contributed by atoms with Crippen LogP contribution in [-0.2, 0) is 6.18 Å². The molecular formula is C18H21F3N6O. The maximum Gasteiger partial charge on any atom is 0.433 e.